The Morgan fingerprint density at radius 2 is 2.31 bits per heavy atom. The molecule has 0 spiro atoms. The quantitative estimate of drug-likeness (QED) is 0.888. The molecule has 0 bridgehead atoms. The third kappa shape index (κ3) is 2.83. The van der Waals surface area contributed by atoms with Crippen molar-refractivity contribution >= 4 is 21.8 Å². The standard InChI is InChI=1S/C12H15BrN2O/c13-10-5-2-1-4-9(10)8-15-12(16)11-6-3-7-14-11/h1-2,4-5,11,14H,3,6-8H2,(H,15,16)/t11-/m0/s1. The van der Waals surface area contributed by atoms with Gasteiger partial charge in [0, 0.05) is 11.0 Å². The summed E-state index contributed by atoms with van der Waals surface area (Å²) < 4.78 is 1.04. The van der Waals surface area contributed by atoms with E-state index in [0.29, 0.717) is 6.54 Å². The molecule has 1 aromatic rings. The van der Waals surface area contributed by atoms with Crippen LogP contribution >= 0.6 is 15.9 Å². The summed E-state index contributed by atoms with van der Waals surface area (Å²) in [5.41, 5.74) is 1.11. The normalized spacial score (nSPS) is 19.7. The summed E-state index contributed by atoms with van der Waals surface area (Å²) in [4.78, 5) is 11.7. The van der Waals surface area contributed by atoms with Gasteiger partial charge in [-0.05, 0) is 31.0 Å². The van der Waals surface area contributed by atoms with Gasteiger partial charge in [-0.25, -0.2) is 0 Å². The molecule has 2 rings (SSSR count). The minimum atomic E-state index is 0.00230. The number of hydrogen-bond donors (Lipinski definition) is 2. The Morgan fingerprint density at radius 1 is 1.50 bits per heavy atom. The Hall–Kier alpha value is -0.870. The first-order valence-electron chi connectivity index (χ1n) is 5.52. The smallest absolute Gasteiger partial charge is 0.237 e. The lowest BCUT2D eigenvalue weighted by molar-refractivity contribution is -0.122. The van der Waals surface area contributed by atoms with Crippen LogP contribution in [0.4, 0.5) is 0 Å². The number of hydrogen-bond acceptors (Lipinski definition) is 2. The largest absolute Gasteiger partial charge is 0.351 e. The lowest BCUT2D eigenvalue weighted by atomic mass is 10.2. The first-order valence-corrected chi connectivity index (χ1v) is 6.31. The molecule has 0 aliphatic carbocycles. The second kappa shape index (κ2) is 5.46. The highest BCUT2D eigenvalue weighted by Gasteiger charge is 2.21. The molecule has 1 heterocycles. The lowest BCUT2D eigenvalue weighted by Gasteiger charge is -2.11. The number of amides is 1. The Labute approximate surface area is 104 Å². The SMILES string of the molecule is O=C(NCc1ccccc1Br)[C@@H]1CCCN1. The minimum absolute atomic E-state index is 0.00230. The van der Waals surface area contributed by atoms with Crippen LogP contribution in [0.25, 0.3) is 0 Å². The van der Waals surface area contributed by atoms with Crippen molar-refractivity contribution in [2.24, 2.45) is 0 Å². The molecule has 2 N–H and O–H groups in total. The summed E-state index contributed by atoms with van der Waals surface area (Å²) in [5, 5.41) is 6.13. The molecule has 4 heteroatoms. The Balaban J connectivity index is 1.87. The van der Waals surface area contributed by atoms with Crippen LogP contribution in [0.1, 0.15) is 18.4 Å². The van der Waals surface area contributed by atoms with Crippen molar-refractivity contribution < 1.29 is 4.79 Å². The van der Waals surface area contributed by atoms with Crippen LogP contribution in [-0.2, 0) is 11.3 Å². The highest BCUT2D eigenvalue weighted by Crippen LogP contribution is 2.15. The van der Waals surface area contributed by atoms with E-state index in [-0.39, 0.29) is 11.9 Å². The molecule has 1 aliphatic heterocycles. The maximum Gasteiger partial charge on any atom is 0.237 e. The number of rotatable bonds is 3. The van der Waals surface area contributed by atoms with E-state index in [4.69, 9.17) is 0 Å². The molecule has 3 nitrogen and oxygen atoms in total. The molecule has 86 valence electrons. The summed E-state index contributed by atoms with van der Waals surface area (Å²) >= 11 is 3.46. The van der Waals surface area contributed by atoms with Crippen LogP contribution < -0.4 is 10.6 Å². The molecule has 1 saturated heterocycles. The minimum Gasteiger partial charge on any atom is -0.351 e. The van der Waals surface area contributed by atoms with E-state index in [1.165, 1.54) is 0 Å². The molecule has 0 radical (unpaired) electrons. The van der Waals surface area contributed by atoms with Crippen molar-refractivity contribution in [3.05, 3.63) is 34.3 Å². The van der Waals surface area contributed by atoms with Gasteiger partial charge in [-0.3, -0.25) is 4.79 Å². The first-order chi connectivity index (χ1) is 7.77. The molecule has 0 unspecified atom stereocenters. The maximum atomic E-state index is 11.7. The lowest BCUT2D eigenvalue weighted by Crippen LogP contribution is -2.40. The molecule has 1 atom stereocenters. The van der Waals surface area contributed by atoms with Gasteiger partial charge in [0.25, 0.3) is 0 Å². The second-order valence-electron chi connectivity index (χ2n) is 3.96. The Morgan fingerprint density at radius 3 is 3.00 bits per heavy atom. The molecule has 0 aromatic heterocycles. The van der Waals surface area contributed by atoms with Gasteiger partial charge in [0.1, 0.15) is 0 Å². The predicted molar refractivity (Wildman–Crippen MR) is 67.0 cm³/mol. The van der Waals surface area contributed by atoms with Crippen LogP contribution in [-0.4, -0.2) is 18.5 Å². The molecular formula is C12H15BrN2O. The van der Waals surface area contributed by atoms with Crippen molar-refractivity contribution in [1.29, 1.82) is 0 Å². The van der Waals surface area contributed by atoms with E-state index in [9.17, 15) is 4.79 Å². The first kappa shape index (κ1) is 11.6. The average molecular weight is 283 g/mol. The molecule has 16 heavy (non-hydrogen) atoms. The van der Waals surface area contributed by atoms with Gasteiger partial charge in [0.2, 0.25) is 5.91 Å². The number of nitrogens with one attached hydrogen (secondary N) is 2. The Bertz CT molecular complexity index is 375. The van der Waals surface area contributed by atoms with E-state index in [0.717, 1.165) is 29.4 Å². The van der Waals surface area contributed by atoms with Crippen LogP contribution in [0.15, 0.2) is 28.7 Å². The van der Waals surface area contributed by atoms with Crippen LogP contribution in [0.2, 0.25) is 0 Å². The third-order valence-corrected chi connectivity index (χ3v) is 3.56. The van der Waals surface area contributed by atoms with E-state index in [2.05, 4.69) is 26.6 Å². The number of carbonyl (C=O) groups excluding carboxylic acids is 1. The summed E-state index contributed by atoms with van der Waals surface area (Å²) in [5.74, 6) is 0.105. The van der Waals surface area contributed by atoms with Crippen molar-refractivity contribution in [2.75, 3.05) is 6.54 Å². The van der Waals surface area contributed by atoms with Gasteiger partial charge in [0.05, 0.1) is 6.04 Å². The van der Waals surface area contributed by atoms with Crippen molar-refractivity contribution in [2.45, 2.75) is 25.4 Å². The number of benzene rings is 1. The van der Waals surface area contributed by atoms with Crippen molar-refractivity contribution in [3.63, 3.8) is 0 Å². The average Bonchev–Trinajstić information content (AvgIpc) is 2.81. The monoisotopic (exact) mass is 282 g/mol. The van der Waals surface area contributed by atoms with Crippen LogP contribution in [0.3, 0.4) is 0 Å². The molecule has 1 aromatic carbocycles. The van der Waals surface area contributed by atoms with Gasteiger partial charge in [-0.15, -0.1) is 0 Å². The van der Waals surface area contributed by atoms with Gasteiger partial charge < -0.3 is 10.6 Å². The third-order valence-electron chi connectivity index (χ3n) is 2.79. The molecule has 1 amide bonds. The van der Waals surface area contributed by atoms with E-state index in [1.54, 1.807) is 0 Å². The fraction of sp³-hybridized carbons (Fsp3) is 0.417. The summed E-state index contributed by atoms with van der Waals surface area (Å²) in [6.45, 7) is 1.53. The fourth-order valence-corrected chi connectivity index (χ4v) is 2.28. The molecule has 1 fully saturated rings. The van der Waals surface area contributed by atoms with Gasteiger partial charge in [-0.2, -0.15) is 0 Å². The molecule has 0 saturated carbocycles. The zero-order valence-corrected chi connectivity index (χ0v) is 10.6. The van der Waals surface area contributed by atoms with E-state index >= 15 is 0 Å². The van der Waals surface area contributed by atoms with Gasteiger partial charge in [-0.1, -0.05) is 34.1 Å². The Kier molecular flexibility index (Phi) is 3.96. The highest BCUT2D eigenvalue weighted by atomic mass is 79.9. The van der Waals surface area contributed by atoms with E-state index < -0.39 is 0 Å². The number of halogens is 1. The van der Waals surface area contributed by atoms with Gasteiger partial charge >= 0.3 is 0 Å². The van der Waals surface area contributed by atoms with Crippen LogP contribution in [0.5, 0.6) is 0 Å². The topological polar surface area (TPSA) is 41.1 Å². The molecular weight excluding hydrogens is 268 g/mol. The fourth-order valence-electron chi connectivity index (χ4n) is 1.86. The van der Waals surface area contributed by atoms with Crippen LogP contribution in [0, 0.1) is 0 Å². The summed E-state index contributed by atoms with van der Waals surface area (Å²) in [6, 6.07) is 7.93. The maximum absolute atomic E-state index is 11.7. The van der Waals surface area contributed by atoms with Crippen molar-refractivity contribution in [3.8, 4) is 0 Å². The zero-order chi connectivity index (χ0) is 11.4. The number of carbonyl (C=O) groups is 1. The van der Waals surface area contributed by atoms with Crippen molar-refractivity contribution in [1.82, 2.24) is 10.6 Å². The zero-order valence-electron chi connectivity index (χ0n) is 9.00. The van der Waals surface area contributed by atoms with E-state index in [1.807, 2.05) is 24.3 Å². The second-order valence-corrected chi connectivity index (χ2v) is 4.81. The highest BCUT2D eigenvalue weighted by molar-refractivity contribution is 9.10. The molecule has 1 aliphatic rings. The van der Waals surface area contributed by atoms with Gasteiger partial charge in [0.15, 0.2) is 0 Å². The summed E-state index contributed by atoms with van der Waals surface area (Å²) in [6.07, 6.45) is 2.04. The predicted octanol–water partition coefficient (Wildman–Crippen LogP) is 1.82. The summed E-state index contributed by atoms with van der Waals surface area (Å²) in [7, 11) is 0.